The van der Waals surface area contributed by atoms with Gasteiger partial charge in [0.1, 0.15) is 0 Å². The highest BCUT2D eigenvalue weighted by atomic mass is 35.5. The van der Waals surface area contributed by atoms with Crippen molar-refractivity contribution >= 4 is 17.3 Å². The number of ether oxygens (including phenoxy) is 2. The van der Waals surface area contributed by atoms with E-state index in [1.54, 1.807) is 0 Å². The summed E-state index contributed by atoms with van der Waals surface area (Å²) in [7, 11) is 0. The zero-order chi connectivity index (χ0) is 16.2. The molecule has 0 aliphatic carbocycles. The summed E-state index contributed by atoms with van der Waals surface area (Å²) in [6.07, 6.45) is 3.78. The number of aliphatic hydroxyl groups excluding tert-OH is 1. The lowest BCUT2D eigenvalue weighted by molar-refractivity contribution is -0.0575. The molecule has 2 heterocycles. The number of fused-ring (bicyclic) bond motifs is 1. The Hall–Kier alpha value is -0.810. The number of benzene rings is 1. The molecule has 0 saturated carbocycles. The molecule has 1 unspecified atom stereocenters. The summed E-state index contributed by atoms with van der Waals surface area (Å²) in [5.41, 5.74) is 3.64. The first-order valence-corrected chi connectivity index (χ1v) is 8.93. The van der Waals surface area contributed by atoms with Crippen molar-refractivity contribution in [3.05, 3.63) is 28.3 Å². The van der Waals surface area contributed by atoms with Crippen molar-refractivity contribution in [2.24, 2.45) is 0 Å². The van der Waals surface area contributed by atoms with E-state index < -0.39 is 6.10 Å². The Morgan fingerprint density at radius 2 is 2.17 bits per heavy atom. The van der Waals surface area contributed by atoms with E-state index in [4.69, 9.17) is 21.1 Å². The number of nitrogens with zero attached hydrogens (tertiary/aromatic N) is 1. The van der Waals surface area contributed by atoms with E-state index >= 15 is 0 Å². The second-order valence-electron chi connectivity index (χ2n) is 6.53. The average Bonchev–Trinajstić information content (AvgIpc) is 2.57. The molecule has 2 aliphatic heterocycles. The molecule has 3 rings (SSSR count). The van der Waals surface area contributed by atoms with E-state index in [0.29, 0.717) is 13.2 Å². The van der Waals surface area contributed by atoms with Crippen molar-refractivity contribution in [2.45, 2.75) is 44.8 Å². The maximum Gasteiger partial charge on any atom is 0.0948 e. The third-order valence-electron chi connectivity index (χ3n) is 4.76. The molecule has 1 N–H and O–H groups in total. The first kappa shape index (κ1) is 17.0. The molecule has 23 heavy (non-hydrogen) atoms. The number of aliphatic hydroxyl groups is 1. The van der Waals surface area contributed by atoms with Gasteiger partial charge in [0.2, 0.25) is 0 Å². The van der Waals surface area contributed by atoms with Crippen LogP contribution >= 0.6 is 11.6 Å². The van der Waals surface area contributed by atoms with Crippen LogP contribution in [0.5, 0.6) is 0 Å². The first-order chi connectivity index (χ1) is 11.1. The van der Waals surface area contributed by atoms with Gasteiger partial charge in [0.15, 0.2) is 0 Å². The Morgan fingerprint density at radius 3 is 2.96 bits per heavy atom. The number of halogens is 1. The lowest BCUT2D eigenvalue weighted by atomic mass is 9.98. The van der Waals surface area contributed by atoms with Gasteiger partial charge in [-0.1, -0.05) is 17.7 Å². The minimum Gasteiger partial charge on any atom is -0.389 e. The fourth-order valence-electron chi connectivity index (χ4n) is 3.53. The maximum absolute atomic E-state index is 10.4. The second-order valence-corrected chi connectivity index (χ2v) is 6.94. The van der Waals surface area contributed by atoms with Crippen molar-refractivity contribution in [3.63, 3.8) is 0 Å². The summed E-state index contributed by atoms with van der Waals surface area (Å²) in [5, 5.41) is 11.2. The lowest BCUT2D eigenvalue weighted by Gasteiger charge is -2.35. The molecule has 0 bridgehead atoms. The third kappa shape index (κ3) is 4.18. The summed E-state index contributed by atoms with van der Waals surface area (Å²) in [5.74, 6) is 0. The van der Waals surface area contributed by atoms with Gasteiger partial charge < -0.3 is 19.5 Å². The number of hydrogen-bond acceptors (Lipinski definition) is 4. The molecule has 128 valence electrons. The van der Waals surface area contributed by atoms with E-state index in [1.165, 1.54) is 11.3 Å². The van der Waals surface area contributed by atoms with Crippen molar-refractivity contribution in [1.82, 2.24) is 0 Å². The number of anilines is 1. The van der Waals surface area contributed by atoms with Crippen LogP contribution in [0.15, 0.2) is 12.1 Å². The van der Waals surface area contributed by atoms with Crippen LogP contribution in [0.25, 0.3) is 0 Å². The normalized spacial score (nSPS) is 20.4. The number of aryl methyl sites for hydroxylation is 1. The van der Waals surface area contributed by atoms with Gasteiger partial charge in [-0.25, -0.2) is 0 Å². The van der Waals surface area contributed by atoms with Gasteiger partial charge in [-0.15, -0.1) is 0 Å². The molecule has 0 spiro atoms. The van der Waals surface area contributed by atoms with Gasteiger partial charge in [0.25, 0.3) is 0 Å². The molecule has 0 aromatic heterocycles. The quantitative estimate of drug-likeness (QED) is 0.895. The van der Waals surface area contributed by atoms with Crippen LogP contribution in [0, 0.1) is 6.92 Å². The summed E-state index contributed by atoms with van der Waals surface area (Å²) in [6.45, 7) is 5.52. The van der Waals surface area contributed by atoms with Gasteiger partial charge in [0, 0.05) is 37.0 Å². The molecule has 1 aromatic rings. The van der Waals surface area contributed by atoms with Gasteiger partial charge in [0.05, 0.1) is 18.8 Å². The highest BCUT2D eigenvalue weighted by Gasteiger charge is 2.23. The van der Waals surface area contributed by atoms with Crippen LogP contribution in [0.1, 0.15) is 30.4 Å². The first-order valence-electron chi connectivity index (χ1n) is 8.55. The van der Waals surface area contributed by atoms with Crippen LogP contribution in [0.2, 0.25) is 5.02 Å². The van der Waals surface area contributed by atoms with Gasteiger partial charge >= 0.3 is 0 Å². The molecule has 0 radical (unpaired) electrons. The highest BCUT2D eigenvalue weighted by molar-refractivity contribution is 6.31. The minimum absolute atomic E-state index is 0.225. The highest BCUT2D eigenvalue weighted by Crippen LogP contribution is 2.34. The lowest BCUT2D eigenvalue weighted by Crippen LogP contribution is -2.39. The largest absolute Gasteiger partial charge is 0.389 e. The topological polar surface area (TPSA) is 41.9 Å². The smallest absolute Gasteiger partial charge is 0.0948 e. The van der Waals surface area contributed by atoms with Crippen LogP contribution in [0.3, 0.4) is 0 Å². The van der Waals surface area contributed by atoms with Crippen LogP contribution in [-0.4, -0.2) is 50.2 Å². The molecule has 1 fully saturated rings. The fraction of sp³-hybridized carbons (Fsp3) is 0.667. The Balaban J connectivity index is 1.59. The predicted octanol–water partition coefficient (Wildman–Crippen LogP) is 2.96. The SMILES string of the molecule is Cc1c(Cl)ccc2c1N(CC(O)COC1CCOCC1)CCC2. The Bertz CT molecular complexity index is 531. The third-order valence-corrected chi connectivity index (χ3v) is 5.17. The molecule has 0 amide bonds. The number of hydrogen-bond donors (Lipinski definition) is 1. The maximum atomic E-state index is 10.4. The Labute approximate surface area is 143 Å². The van der Waals surface area contributed by atoms with Gasteiger partial charge in [-0.05, 0) is 49.8 Å². The zero-order valence-corrected chi connectivity index (χ0v) is 14.5. The monoisotopic (exact) mass is 339 g/mol. The number of β-amino-alcohol motifs (C(OH)–C–C–N with tert-alkyl or cyclic N) is 1. The molecule has 1 atom stereocenters. The standard InChI is InChI=1S/C18H26ClNO3/c1-13-17(19)5-4-14-3-2-8-20(18(13)14)11-15(21)12-23-16-6-9-22-10-7-16/h4-5,15-16,21H,2-3,6-12H2,1H3. The van der Waals surface area contributed by atoms with Crippen LogP contribution in [-0.2, 0) is 15.9 Å². The fourth-order valence-corrected chi connectivity index (χ4v) is 3.68. The molecule has 1 saturated heterocycles. The van der Waals surface area contributed by atoms with E-state index in [1.807, 2.05) is 6.07 Å². The van der Waals surface area contributed by atoms with Gasteiger partial charge in [-0.2, -0.15) is 0 Å². The Kier molecular flexibility index (Phi) is 5.81. The second kappa shape index (κ2) is 7.84. The van der Waals surface area contributed by atoms with Crippen molar-refractivity contribution in [3.8, 4) is 0 Å². The van der Waals surface area contributed by atoms with Crippen LogP contribution in [0.4, 0.5) is 5.69 Å². The summed E-state index contributed by atoms with van der Waals surface area (Å²) in [4.78, 5) is 2.26. The van der Waals surface area contributed by atoms with Gasteiger partial charge in [-0.3, -0.25) is 0 Å². The molecule has 1 aromatic carbocycles. The van der Waals surface area contributed by atoms with E-state index in [-0.39, 0.29) is 6.10 Å². The van der Waals surface area contributed by atoms with Crippen molar-refractivity contribution in [2.75, 3.05) is 37.8 Å². The van der Waals surface area contributed by atoms with E-state index in [2.05, 4.69) is 17.9 Å². The summed E-state index contributed by atoms with van der Waals surface area (Å²) < 4.78 is 11.2. The van der Waals surface area contributed by atoms with E-state index in [9.17, 15) is 5.11 Å². The molecular formula is C18H26ClNO3. The summed E-state index contributed by atoms with van der Waals surface area (Å²) in [6, 6.07) is 4.09. The Morgan fingerprint density at radius 1 is 1.39 bits per heavy atom. The van der Waals surface area contributed by atoms with E-state index in [0.717, 1.165) is 56.0 Å². The molecule has 2 aliphatic rings. The molecule has 5 heteroatoms. The predicted molar refractivity (Wildman–Crippen MR) is 92.5 cm³/mol. The molecular weight excluding hydrogens is 314 g/mol. The average molecular weight is 340 g/mol. The molecule has 4 nitrogen and oxygen atoms in total. The van der Waals surface area contributed by atoms with Crippen molar-refractivity contribution in [1.29, 1.82) is 0 Å². The number of rotatable bonds is 5. The zero-order valence-electron chi connectivity index (χ0n) is 13.8. The minimum atomic E-state index is -0.484. The van der Waals surface area contributed by atoms with Crippen LogP contribution < -0.4 is 4.90 Å². The van der Waals surface area contributed by atoms with Crippen molar-refractivity contribution < 1.29 is 14.6 Å². The summed E-state index contributed by atoms with van der Waals surface area (Å²) >= 11 is 6.28.